The molecule has 0 saturated carbocycles. The summed E-state index contributed by atoms with van der Waals surface area (Å²) in [6.45, 7) is -1.00. The molecule has 0 amide bonds. The van der Waals surface area contributed by atoms with Crippen molar-refractivity contribution >= 4 is 5.95 Å². The molecule has 0 aliphatic heterocycles. The van der Waals surface area contributed by atoms with Crippen molar-refractivity contribution < 1.29 is 13.2 Å². The second kappa shape index (κ2) is 4.47. The number of hydrogen-bond donors (Lipinski definition) is 2. The highest BCUT2D eigenvalue weighted by Gasteiger charge is 2.26. The second-order valence-electron chi connectivity index (χ2n) is 2.97. The molecule has 1 aromatic heterocycles. The van der Waals surface area contributed by atoms with Crippen molar-refractivity contribution in [3.8, 4) is 0 Å². The topological polar surface area (TPSA) is 54.8 Å². The van der Waals surface area contributed by atoms with Crippen molar-refractivity contribution in [1.29, 1.82) is 0 Å². The second-order valence-corrected chi connectivity index (χ2v) is 2.97. The lowest BCUT2D eigenvalue weighted by Crippen LogP contribution is -2.29. The molecular formula is C7H12F3N5. The standard InChI is InChI=1S/C7H12F3N5/c1-11-6-14-13-5(15(6)2)3-12-4-7(8,9)10/h12H,3-4H2,1-2H3,(H,11,14). The largest absolute Gasteiger partial charge is 0.401 e. The zero-order valence-electron chi connectivity index (χ0n) is 8.39. The van der Waals surface area contributed by atoms with Crippen molar-refractivity contribution in [2.75, 3.05) is 18.9 Å². The summed E-state index contributed by atoms with van der Waals surface area (Å²) in [6, 6.07) is 0. The Kier molecular flexibility index (Phi) is 3.51. The summed E-state index contributed by atoms with van der Waals surface area (Å²) in [4.78, 5) is 0. The summed E-state index contributed by atoms with van der Waals surface area (Å²) in [5.41, 5.74) is 0. The third kappa shape index (κ3) is 3.39. The van der Waals surface area contributed by atoms with Crippen LogP contribution >= 0.6 is 0 Å². The fraction of sp³-hybridized carbons (Fsp3) is 0.714. The third-order valence-corrected chi connectivity index (χ3v) is 1.80. The van der Waals surface area contributed by atoms with E-state index in [1.54, 1.807) is 18.7 Å². The first-order valence-corrected chi connectivity index (χ1v) is 4.27. The van der Waals surface area contributed by atoms with Crippen LogP contribution in [0, 0.1) is 0 Å². The fourth-order valence-electron chi connectivity index (χ4n) is 1.05. The SMILES string of the molecule is CNc1nnc(CNCC(F)(F)F)n1C. The maximum absolute atomic E-state index is 11.8. The quantitative estimate of drug-likeness (QED) is 0.780. The summed E-state index contributed by atoms with van der Waals surface area (Å²) in [5, 5.41) is 12.5. The lowest BCUT2D eigenvalue weighted by atomic mass is 10.5. The molecule has 0 bridgehead atoms. The number of hydrogen-bond acceptors (Lipinski definition) is 4. The molecule has 0 aromatic carbocycles. The number of nitrogens with one attached hydrogen (secondary N) is 2. The first kappa shape index (κ1) is 11.8. The molecule has 8 heteroatoms. The van der Waals surface area contributed by atoms with Gasteiger partial charge in [0.15, 0.2) is 0 Å². The molecule has 15 heavy (non-hydrogen) atoms. The van der Waals surface area contributed by atoms with E-state index in [-0.39, 0.29) is 6.54 Å². The number of halogens is 3. The minimum absolute atomic E-state index is 0.0324. The number of alkyl halides is 3. The average Bonchev–Trinajstić information content (AvgIpc) is 2.46. The number of rotatable bonds is 4. The van der Waals surface area contributed by atoms with Crippen LogP contribution in [-0.2, 0) is 13.6 Å². The van der Waals surface area contributed by atoms with Crippen molar-refractivity contribution in [1.82, 2.24) is 20.1 Å². The molecule has 0 aliphatic carbocycles. The molecule has 1 heterocycles. The molecule has 0 unspecified atom stereocenters. The summed E-state index contributed by atoms with van der Waals surface area (Å²) < 4.78 is 37.0. The Hall–Kier alpha value is -1.31. The minimum atomic E-state index is -4.20. The normalized spacial score (nSPS) is 11.8. The van der Waals surface area contributed by atoms with Crippen LogP contribution in [0.2, 0.25) is 0 Å². The van der Waals surface area contributed by atoms with Gasteiger partial charge >= 0.3 is 6.18 Å². The third-order valence-electron chi connectivity index (χ3n) is 1.80. The summed E-state index contributed by atoms with van der Waals surface area (Å²) in [7, 11) is 3.34. The Morgan fingerprint density at radius 1 is 1.33 bits per heavy atom. The van der Waals surface area contributed by atoms with Gasteiger partial charge in [-0.1, -0.05) is 0 Å². The molecule has 2 N–H and O–H groups in total. The Bertz CT molecular complexity index is 319. The first-order chi connectivity index (χ1) is 6.94. The Balaban J connectivity index is 2.48. The van der Waals surface area contributed by atoms with Crippen LogP contribution in [0.4, 0.5) is 19.1 Å². The smallest absolute Gasteiger partial charge is 0.357 e. The van der Waals surface area contributed by atoms with Gasteiger partial charge in [-0.25, -0.2) is 0 Å². The molecule has 0 saturated heterocycles. The average molecular weight is 223 g/mol. The van der Waals surface area contributed by atoms with E-state index in [0.717, 1.165) is 0 Å². The first-order valence-electron chi connectivity index (χ1n) is 4.27. The van der Waals surface area contributed by atoms with E-state index < -0.39 is 12.7 Å². The van der Waals surface area contributed by atoms with Crippen molar-refractivity contribution in [2.45, 2.75) is 12.7 Å². The van der Waals surface area contributed by atoms with Crippen LogP contribution in [0.15, 0.2) is 0 Å². The van der Waals surface area contributed by atoms with Gasteiger partial charge in [0.25, 0.3) is 0 Å². The number of nitrogens with zero attached hydrogens (tertiary/aromatic N) is 3. The zero-order valence-corrected chi connectivity index (χ0v) is 8.39. The molecule has 1 rings (SSSR count). The predicted octanol–water partition coefficient (Wildman–Crippen LogP) is 0.509. The molecule has 0 radical (unpaired) electrons. The van der Waals surface area contributed by atoms with Crippen LogP contribution in [0.1, 0.15) is 5.82 Å². The predicted molar refractivity (Wildman–Crippen MR) is 48.3 cm³/mol. The summed E-state index contributed by atoms with van der Waals surface area (Å²) in [6.07, 6.45) is -4.20. The number of anilines is 1. The lowest BCUT2D eigenvalue weighted by molar-refractivity contribution is -0.125. The highest BCUT2D eigenvalue weighted by atomic mass is 19.4. The van der Waals surface area contributed by atoms with Gasteiger partial charge < -0.3 is 10.6 Å². The van der Waals surface area contributed by atoms with Crippen LogP contribution < -0.4 is 10.6 Å². The minimum Gasteiger partial charge on any atom is -0.357 e. The van der Waals surface area contributed by atoms with Crippen LogP contribution in [0.5, 0.6) is 0 Å². The molecule has 1 aromatic rings. The molecule has 0 spiro atoms. The molecule has 0 atom stereocenters. The van der Waals surface area contributed by atoms with E-state index in [4.69, 9.17) is 0 Å². The van der Waals surface area contributed by atoms with Gasteiger partial charge in [-0.15, -0.1) is 10.2 Å². The van der Waals surface area contributed by atoms with E-state index in [1.165, 1.54) is 0 Å². The lowest BCUT2D eigenvalue weighted by Gasteiger charge is -2.07. The Morgan fingerprint density at radius 2 is 2.00 bits per heavy atom. The van der Waals surface area contributed by atoms with Crippen molar-refractivity contribution in [3.63, 3.8) is 0 Å². The molecule has 0 aliphatic rings. The van der Waals surface area contributed by atoms with Crippen LogP contribution in [0.25, 0.3) is 0 Å². The van der Waals surface area contributed by atoms with E-state index in [2.05, 4.69) is 20.8 Å². The van der Waals surface area contributed by atoms with Gasteiger partial charge in [0.2, 0.25) is 5.95 Å². The molecule has 5 nitrogen and oxygen atoms in total. The number of aromatic nitrogens is 3. The van der Waals surface area contributed by atoms with Gasteiger partial charge in [-0.05, 0) is 0 Å². The maximum Gasteiger partial charge on any atom is 0.401 e. The highest BCUT2D eigenvalue weighted by Crippen LogP contribution is 2.12. The fourth-order valence-corrected chi connectivity index (χ4v) is 1.05. The van der Waals surface area contributed by atoms with E-state index in [9.17, 15) is 13.2 Å². The van der Waals surface area contributed by atoms with Gasteiger partial charge in [0, 0.05) is 14.1 Å². The van der Waals surface area contributed by atoms with Gasteiger partial charge in [0.1, 0.15) is 5.82 Å². The van der Waals surface area contributed by atoms with E-state index in [1.807, 2.05) is 0 Å². The van der Waals surface area contributed by atoms with E-state index in [0.29, 0.717) is 11.8 Å². The maximum atomic E-state index is 11.8. The molecule has 0 fully saturated rings. The van der Waals surface area contributed by atoms with Crippen LogP contribution in [0.3, 0.4) is 0 Å². The van der Waals surface area contributed by atoms with Gasteiger partial charge in [-0.2, -0.15) is 13.2 Å². The van der Waals surface area contributed by atoms with Gasteiger partial charge in [0.05, 0.1) is 13.1 Å². The summed E-state index contributed by atoms with van der Waals surface area (Å²) >= 11 is 0. The van der Waals surface area contributed by atoms with Crippen LogP contribution in [-0.4, -0.2) is 34.5 Å². The van der Waals surface area contributed by atoms with Crippen molar-refractivity contribution in [2.24, 2.45) is 7.05 Å². The Morgan fingerprint density at radius 3 is 2.47 bits per heavy atom. The summed E-state index contributed by atoms with van der Waals surface area (Å²) in [5.74, 6) is 0.961. The Labute approximate surface area is 84.7 Å². The van der Waals surface area contributed by atoms with Gasteiger partial charge in [-0.3, -0.25) is 4.57 Å². The monoisotopic (exact) mass is 223 g/mol. The van der Waals surface area contributed by atoms with Crippen molar-refractivity contribution in [3.05, 3.63) is 5.82 Å². The molecule has 86 valence electrons. The molecular weight excluding hydrogens is 211 g/mol. The zero-order chi connectivity index (χ0) is 11.5. The van der Waals surface area contributed by atoms with E-state index >= 15 is 0 Å². The highest BCUT2D eigenvalue weighted by molar-refractivity contribution is 5.23.